The molecule has 0 aromatic heterocycles. The first-order valence-corrected chi connectivity index (χ1v) is 52.8. The quantitative estimate of drug-likeness (QED) is 0.0194. The van der Waals surface area contributed by atoms with Crippen molar-refractivity contribution in [1.82, 2.24) is 10.6 Å². The van der Waals surface area contributed by atoms with Crippen LogP contribution in [-0.4, -0.2) is 135 Å². The Balaban J connectivity index is 0.000000163. The maximum Gasteiger partial charge on any atom is 0.275 e. The van der Waals surface area contributed by atoms with Crippen molar-refractivity contribution in [2.45, 2.75) is 352 Å². The van der Waals surface area contributed by atoms with Crippen LogP contribution in [0.4, 0.5) is 22.7 Å². The number of nitrogens with two attached hydrogens (primary N) is 2. The highest BCUT2D eigenvalue weighted by Gasteiger charge is 2.50. The molecule has 3 heterocycles. The van der Waals surface area contributed by atoms with E-state index in [0.717, 1.165) is 165 Å². The fourth-order valence-electron chi connectivity index (χ4n) is 22.1. The number of hydrogen-bond donors (Lipinski definition) is 6. The summed E-state index contributed by atoms with van der Waals surface area (Å²) in [6.45, 7) is 16.3. The summed E-state index contributed by atoms with van der Waals surface area (Å²) in [4.78, 5) is 99.3. The molecule has 0 amide bonds. The Kier molecular flexibility index (Phi) is 45.3. The van der Waals surface area contributed by atoms with E-state index in [1.165, 1.54) is 244 Å². The molecule has 8 aliphatic carbocycles. The van der Waals surface area contributed by atoms with Crippen molar-refractivity contribution in [3.8, 4) is 17.6 Å². The van der Waals surface area contributed by atoms with Gasteiger partial charge >= 0.3 is 0 Å². The van der Waals surface area contributed by atoms with Crippen molar-refractivity contribution in [3.05, 3.63) is 169 Å². The van der Waals surface area contributed by atoms with Crippen molar-refractivity contribution in [2.75, 3.05) is 107 Å². The number of carbonyl (C=O) groups excluding carboxylic acids is 2. The fraction of sp³-hybridized carbons (Fsp3) is 0.703. The van der Waals surface area contributed by atoms with Gasteiger partial charge in [0.2, 0.25) is 23.1 Å². The molecule has 3 saturated heterocycles. The van der Waals surface area contributed by atoms with Crippen LogP contribution >= 0.6 is 0 Å². The summed E-state index contributed by atoms with van der Waals surface area (Å²) in [7, 11) is 4.13. The van der Waals surface area contributed by atoms with E-state index in [1.54, 1.807) is 6.07 Å². The van der Waals surface area contributed by atoms with Gasteiger partial charge in [0.05, 0.1) is 38.6 Å². The standard InChI is InChI=1S/C31H44N2O3.C30H43N3O3.C17H25NO.C15H25NO3.C10H21N.C6H6O4.C2H3N/c1-2-26(20-23-10-5-3-6-11-23)32-27-28(30(35)29(27)34)33-18-9-14-25(21-33)31(24-12-7-4-8-13-24)36-19-17-22-15-16-22;31-19-25(18-22-8-3-1-4-9-22)32-26-27(29(35)28(26)34)33-16-7-12-24(20-33)30(23-10-5-2-6-11-23)36-17-15-21-13-14-21;1-2-5-15(6-3-1)17(16-7-4-11-18-13-16)19-12-10-14-8-9-14;1-3-11(9-10-7-5-4-6-8-10)16-12-13(17)14(18)15(12)19-2;1-2-10(11)8-9-6-4-3-5-7-9;1-9-5-3(7)4(8)6(5)10-2;1-2-3/h4,7-8,12-13,22-23,25-26,31-32H,2-3,5-6,9-11,14-21H2,1H3;2,5-6,10-11,21-22,24-25,30,32H,1,3-4,7-9,12-20,31H2;1-3,5-6,14,16-18H,4,7-13H2;10-12,15-16H,3-9H2,1-2H3;9-10H,2-8,11H2,1H3;1-2H3;1H3/t25?,26-,31?;24?,25-,30?;;11-,12?,15?;10-;;/m10.11../s1. The number of nitrogens with zero attached hydrogens (tertiary/aromatic N) is 3. The number of rotatable bonds is 41. The van der Waals surface area contributed by atoms with E-state index < -0.39 is 23.0 Å². The second-order valence-corrected chi connectivity index (χ2v) is 40.9. The van der Waals surface area contributed by atoms with Gasteiger partial charge in [-0.1, -0.05) is 279 Å². The lowest BCUT2D eigenvalue weighted by molar-refractivity contribution is -0.157. The molecule has 8 saturated carbocycles. The molecular formula is C111H167N9O14. The lowest BCUT2D eigenvalue weighted by atomic mass is 9.81. The van der Waals surface area contributed by atoms with Crippen LogP contribution in [0.2, 0.25) is 0 Å². The number of piperidine rings is 3. The molecule has 8 unspecified atom stereocenters. The Labute approximate surface area is 800 Å². The van der Waals surface area contributed by atoms with E-state index >= 15 is 0 Å². The maximum absolute atomic E-state index is 12.8. The number of ketones is 2. The molecular weight excluding hydrogens is 1680 g/mol. The zero-order valence-electron chi connectivity index (χ0n) is 82.6. The van der Waals surface area contributed by atoms with Gasteiger partial charge in [0.25, 0.3) is 32.6 Å². The van der Waals surface area contributed by atoms with Crippen LogP contribution in [0.5, 0.6) is 11.5 Å². The van der Waals surface area contributed by atoms with E-state index in [0.29, 0.717) is 59.1 Å². The maximum atomic E-state index is 12.8. The summed E-state index contributed by atoms with van der Waals surface area (Å²) in [5, 5.41) is 21.1. The van der Waals surface area contributed by atoms with Gasteiger partial charge in [-0.3, -0.25) is 38.4 Å². The minimum Gasteiger partial charge on any atom is -0.489 e. The first-order chi connectivity index (χ1) is 65.3. The van der Waals surface area contributed by atoms with E-state index in [-0.39, 0.29) is 81.1 Å². The molecule has 6 aromatic rings. The number of hydrogen-bond acceptors (Lipinski definition) is 23. The normalized spacial score (nSPS) is 22.9. The predicted molar refractivity (Wildman–Crippen MR) is 540 cm³/mol. The number of anilines is 4. The topological polar surface area (TPSA) is 322 Å². The molecule has 6 aromatic carbocycles. The SMILES string of the molecule is CC#N.CC[C@@H](N)CC1CCCCC1.CC[C@H](CC1CCCCC1)NC1C(=O)C(=O)C1OC.CC[C@H](CC1CCCCC1)Nc1c(N2CCCC(C(OCCC3CC3)c3ccccc3)C2)c(=O)c1=O.COc1c(OC)c(=O)c1=O.NC[C@H](CC1CCCCC1)Nc1c(N2CCCC(C(OCCC3CC3)c3ccccc3)C2)c(=O)c1=O.c1ccc(C(OCCC2CC2)C2CCCNC2)cc1. The van der Waals surface area contributed by atoms with E-state index in [4.69, 9.17) is 35.7 Å². The molecule has 12 atom stereocenters. The summed E-state index contributed by atoms with van der Waals surface area (Å²) in [6, 6.07) is 34.3. The van der Waals surface area contributed by atoms with Crippen molar-refractivity contribution >= 4 is 34.3 Å². The highest BCUT2D eigenvalue weighted by atomic mass is 16.5. The van der Waals surface area contributed by atoms with Crippen molar-refractivity contribution in [3.63, 3.8) is 0 Å². The Bertz CT molecular complexity index is 4430. The first-order valence-electron chi connectivity index (χ1n) is 52.8. The molecule has 0 bridgehead atoms. The fourth-order valence-corrected chi connectivity index (χ4v) is 22.1. The second-order valence-electron chi connectivity index (χ2n) is 40.9. The molecule has 11 fully saturated rings. The number of Topliss-reactive ketones (excluding diaryl/α,β-unsaturated/α-hetero) is 2. The molecule has 23 heteroatoms. The zero-order chi connectivity index (χ0) is 95.1. The third-order valence-corrected chi connectivity index (χ3v) is 30.8. The Morgan fingerprint density at radius 3 is 1.12 bits per heavy atom. The van der Waals surface area contributed by atoms with Crippen molar-refractivity contribution in [1.29, 1.82) is 5.26 Å². The highest BCUT2D eigenvalue weighted by molar-refractivity contribution is 6.48. The van der Waals surface area contributed by atoms with E-state index in [2.05, 4.69) is 146 Å². The minimum atomic E-state index is -0.612. The van der Waals surface area contributed by atoms with Crippen LogP contribution in [-0.2, 0) is 28.5 Å². The molecule has 11 aliphatic rings. The van der Waals surface area contributed by atoms with Gasteiger partial charge in [0.15, 0.2) is 0 Å². The monoisotopic (exact) mass is 1850 g/mol. The number of nitriles is 1. The lowest BCUT2D eigenvalue weighted by Crippen LogP contribution is -2.66. The molecule has 0 spiro atoms. The Hall–Kier alpha value is -7.79. The second kappa shape index (κ2) is 56.9. The number of carbonyl (C=O) groups is 2. The smallest absolute Gasteiger partial charge is 0.275 e. The van der Waals surface area contributed by atoms with Gasteiger partial charge in [0.1, 0.15) is 34.9 Å². The van der Waals surface area contributed by atoms with Crippen LogP contribution in [0.25, 0.3) is 0 Å². The third kappa shape index (κ3) is 32.4. The molecule has 8 N–H and O–H groups in total. The first kappa shape index (κ1) is 107. The van der Waals surface area contributed by atoms with Crippen LogP contribution in [0.3, 0.4) is 0 Å². The lowest BCUT2D eigenvalue weighted by Gasteiger charge is -2.39. The van der Waals surface area contributed by atoms with Gasteiger partial charge in [0, 0.05) is 115 Å². The van der Waals surface area contributed by atoms with Crippen LogP contribution in [0.15, 0.2) is 120 Å². The van der Waals surface area contributed by atoms with Crippen LogP contribution in [0, 0.1) is 70.5 Å². The van der Waals surface area contributed by atoms with Crippen LogP contribution < -0.4 is 84.6 Å². The molecule has 740 valence electrons. The van der Waals surface area contributed by atoms with Gasteiger partial charge in [-0.05, 0) is 167 Å². The van der Waals surface area contributed by atoms with Crippen LogP contribution in [0.1, 0.15) is 332 Å². The van der Waals surface area contributed by atoms with E-state index in [9.17, 15) is 38.4 Å². The highest BCUT2D eigenvalue weighted by Crippen LogP contribution is 2.43. The number of benzene rings is 3. The summed E-state index contributed by atoms with van der Waals surface area (Å²) >= 11 is 0. The summed E-state index contributed by atoms with van der Waals surface area (Å²) in [6.07, 6.45) is 52.6. The Morgan fingerprint density at radius 1 is 0.418 bits per heavy atom. The molecule has 0 radical (unpaired) electrons. The van der Waals surface area contributed by atoms with Gasteiger partial charge in [-0.25, -0.2) is 0 Å². The minimum absolute atomic E-state index is 0.0127. The molecule has 134 heavy (non-hydrogen) atoms. The van der Waals surface area contributed by atoms with Gasteiger partial charge in [-0.2, -0.15) is 5.26 Å². The van der Waals surface area contributed by atoms with Gasteiger partial charge in [-0.15, -0.1) is 0 Å². The van der Waals surface area contributed by atoms with E-state index in [1.807, 2.05) is 6.07 Å². The average molecular weight is 1850 g/mol. The summed E-state index contributed by atoms with van der Waals surface area (Å²) in [5.74, 6) is 6.35. The average Bonchev–Trinajstić information content (AvgIpc) is 1.68. The third-order valence-electron chi connectivity index (χ3n) is 30.8. The number of nitrogens with one attached hydrogen (secondary N) is 4. The Morgan fingerprint density at radius 2 is 0.776 bits per heavy atom. The largest absolute Gasteiger partial charge is 0.489 e. The van der Waals surface area contributed by atoms with Gasteiger partial charge < -0.3 is 71.0 Å². The predicted octanol–water partition coefficient (Wildman–Crippen LogP) is 18.9. The van der Waals surface area contributed by atoms with Crippen molar-refractivity contribution in [2.24, 2.45) is 70.6 Å². The summed E-state index contributed by atoms with van der Waals surface area (Å²) < 4.78 is 33.5. The number of ether oxygens (including phenoxy) is 6. The zero-order valence-corrected chi connectivity index (χ0v) is 82.6. The molecule has 3 aliphatic heterocycles. The van der Waals surface area contributed by atoms with Crippen molar-refractivity contribution < 1.29 is 38.0 Å². The molecule has 23 nitrogen and oxygen atoms in total. The number of methoxy groups -OCH3 is 3. The molecule has 17 rings (SSSR count). The summed E-state index contributed by atoms with van der Waals surface area (Å²) in [5.41, 5.74) is 15.5.